The number of nitrogens with zero attached hydrogens (tertiary/aromatic N) is 2. The normalized spacial score (nSPS) is 15.8. The molecule has 0 amide bonds. The number of nitrogens with two attached hydrogens (primary N) is 1. The van der Waals surface area contributed by atoms with Crippen LogP contribution in [0.3, 0.4) is 0 Å². The van der Waals surface area contributed by atoms with E-state index in [-0.39, 0.29) is 5.54 Å². The average molecular weight is 366 g/mol. The molecule has 0 fully saturated rings. The van der Waals surface area contributed by atoms with Crippen LogP contribution >= 0.6 is 11.3 Å². The zero-order valence-electron chi connectivity index (χ0n) is 15.6. The van der Waals surface area contributed by atoms with Crippen molar-refractivity contribution in [1.29, 1.82) is 0 Å². The largest absolute Gasteiger partial charge is 0.397 e. The summed E-state index contributed by atoms with van der Waals surface area (Å²) >= 11 is 1.63. The number of nitrogen functional groups attached to an aromatic ring is 1. The summed E-state index contributed by atoms with van der Waals surface area (Å²) in [6.45, 7) is 6.87. The topological polar surface area (TPSA) is 60.5 Å². The maximum Gasteiger partial charge on any atom is 0.126 e. The fourth-order valence-electron chi connectivity index (χ4n) is 3.73. The van der Waals surface area contributed by atoms with E-state index in [9.17, 15) is 0 Å². The molecule has 0 aliphatic carbocycles. The van der Waals surface area contributed by atoms with Crippen molar-refractivity contribution in [2.75, 3.05) is 12.8 Å². The highest BCUT2D eigenvalue weighted by Gasteiger charge is 2.29. The van der Waals surface area contributed by atoms with Crippen molar-refractivity contribution in [3.63, 3.8) is 0 Å². The highest BCUT2D eigenvalue weighted by molar-refractivity contribution is 7.21. The van der Waals surface area contributed by atoms with Gasteiger partial charge >= 0.3 is 0 Å². The number of aliphatic imine (C=N–C) groups is 1. The summed E-state index contributed by atoms with van der Waals surface area (Å²) in [5.74, 6) is 0. The third-order valence-corrected chi connectivity index (χ3v) is 5.84. The lowest BCUT2D eigenvalue weighted by atomic mass is 9.86. The van der Waals surface area contributed by atoms with Crippen LogP contribution < -0.4 is 5.73 Å². The van der Waals surface area contributed by atoms with Gasteiger partial charge in [-0.15, -0.1) is 11.3 Å². The Bertz CT molecular complexity index is 1030. The highest BCUT2D eigenvalue weighted by Crippen LogP contribution is 2.39. The number of fused-ring (bicyclic) bond motifs is 2. The van der Waals surface area contributed by atoms with Crippen molar-refractivity contribution in [3.8, 4) is 0 Å². The molecule has 0 saturated heterocycles. The summed E-state index contributed by atoms with van der Waals surface area (Å²) in [4.78, 5) is 11.7. The second-order valence-electron chi connectivity index (χ2n) is 7.49. The van der Waals surface area contributed by atoms with Crippen LogP contribution in [0.2, 0.25) is 0 Å². The molecule has 0 bridgehead atoms. The number of aromatic nitrogens is 1. The summed E-state index contributed by atoms with van der Waals surface area (Å²) in [5.41, 5.74) is 12.8. The first-order valence-corrected chi connectivity index (χ1v) is 9.57. The lowest BCUT2D eigenvalue weighted by Crippen LogP contribution is -2.29. The monoisotopic (exact) mass is 365 g/mol. The van der Waals surface area contributed by atoms with Crippen LogP contribution in [0.4, 0.5) is 5.69 Å². The molecule has 4 rings (SSSR count). The van der Waals surface area contributed by atoms with Crippen LogP contribution in [-0.4, -0.2) is 23.3 Å². The van der Waals surface area contributed by atoms with Gasteiger partial charge < -0.3 is 10.5 Å². The zero-order chi connectivity index (χ0) is 18.5. The Morgan fingerprint density at radius 3 is 2.81 bits per heavy atom. The third kappa shape index (κ3) is 2.81. The maximum atomic E-state index is 6.63. The molecular formula is C21H23N3OS. The molecule has 0 radical (unpaired) electrons. The zero-order valence-corrected chi connectivity index (χ0v) is 16.4. The van der Waals surface area contributed by atoms with E-state index in [2.05, 4.69) is 44.2 Å². The van der Waals surface area contributed by atoms with Crippen LogP contribution in [-0.2, 0) is 17.8 Å². The number of anilines is 1. The van der Waals surface area contributed by atoms with Gasteiger partial charge in [-0.1, -0.05) is 24.3 Å². The van der Waals surface area contributed by atoms with Crippen molar-refractivity contribution < 1.29 is 4.74 Å². The van der Waals surface area contributed by atoms with Crippen molar-refractivity contribution in [2.24, 2.45) is 4.99 Å². The number of thiophene rings is 1. The molecule has 1 aromatic carbocycles. The van der Waals surface area contributed by atoms with Crippen LogP contribution in [0.1, 0.15) is 41.1 Å². The third-order valence-electron chi connectivity index (χ3n) is 4.73. The van der Waals surface area contributed by atoms with Gasteiger partial charge in [-0.3, -0.25) is 4.99 Å². The predicted molar refractivity (Wildman–Crippen MR) is 109 cm³/mol. The summed E-state index contributed by atoms with van der Waals surface area (Å²) in [6, 6.07) is 10.5. The van der Waals surface area contributed by atoms with E-state index in [1.807, 2.05) is 6.92 Å². The summed E-state index contributed by atoms with van der Waals surface area (Å²) < 4.78 is 5.38. The number of benzene rings is 1. The molecular weight excluding hydrogens is 342 g/mol. The second-order valence-corrected chi connectivity index (χ2v) is 8.49. The number of pyridine rings is 1. The van der Waals surface area contributed by atoms with E-state index in [1.54, 1.807) is 18.4 Å². The van der Waals surface area contributed by atoms with E-state index in [0.717, 1.165) is 44.2 Å². The SMILES string of the molecule is COCc1cc(C)nc2sc(C3=NC(C)(C)Cc4ccccc43)c(N)c12. The molecule has 1 aliphatic heterocycles. The summed E-state index contributed by atoms with van der Waals surface area (Å²) in [5, 5.41) is 1.00. The van der Waals surface area contributed by atoms with Gasteiger partial charge in [0.1, 0.15) is 4.83 Å². The molecule has 0 atom stereocenters. The molecule has 5 heteroatoms. The molecule has 2 aromatic heterocycles. The Balaban J connectivity index is 1.98. The first-order valence-electron chi connectivity index (χ1n) is 8.75. The van der Waals surface area contributed by atoms with Crippen molar-refractivity contribution in [3.05, 3.63) is 57.6 Å². The maximum absolute atomic E-state index is 6.63. The standard InChI is InChI=1S/C21H23N3OS/c1-12-9-14(11-25-4)16-17(22)19(26-20(16)23-12)18-15-8-6-5-7-13(15)10-21(2,3)24-18/h5-9H,10-11,22H2,1-4H3. The van der Waals surface area contributed by atoms with Gasteiger partial charge in [-0.05, 0) is 44.4 Å². The van der Waals surface area contributed by atoms with E-state index in [1.165, 1.54) is 11.1 Å². The van der Waals surface area contributed by atoms with Gasteiger partial charge in [-0.25, -0.2) is 4.98 Å². The van der Waals surface area contributed by atoms with E-state index >= 15 is 0 Å². The van der Waals surface area contributed by atoms with E-state index < -0.39 is 0 Å². The Labute approximate surface area is 157 Å². The quantitative estimate of drug-likeness (QED) is 0.743. The molecule has 26 heavy (non-hydrogen) atoms. The van der Waals surface area contributed by atoms with Gasteiger partial charge in [0.25, 0.3) is 0 Å². The minimum absolute atomic E-state index is 0.148. The van der Waals surface area contributed by atoms with Crippen molar-refractivity contribution in [2.45, 2.75) is 39.3 Å². The smallest absolute Gasteiger partial charge is 0.126 e. The molecule has 4 nitrogen and oxygen atoms in total. The number of ether oxygens (including phenoxy) is 1. The predicted octanol–water partition coefficient (Wildman–Crippen LogP) is 4.51. The average Bonchev–Trinajstić information content (AvgIpc) is 2.90. The van der Waals surface area contributed by atoms with Crippen LogP contribution in [0.15, 0.2) is 35.3 Å². The van der Waals surface area contributed by atoms with E-state index in [4.69, 9.17) is 20.4 Å². The number of methoxy groups -OCH3 is 1. The molecule has 0 spiro atoms. The van der Waals surface area contributed by atoms with Crippen LogP contribution in [0.25, 0.3) is 10.2 Å². The van der Waals surface area contributed by atoms with Gasteiger partial charge in [0.2, 0.25) is 0 Å². The molecule has 0 unspecified atom stereocenters. The number of rotatable bonds is 3. The Kier molecular flexibility index (Phi) is 4.09. The molecule has 3 heterocycles. The lowest BCUT2D eigenvalue weighted by Gasteiger charge is -2.28. The highest BCUT2D eigenvalue weighted by atomic mass is 32.1. The molecule has 0 saturated carbocycles. The Morgan fingerprint density at radius 2 is 2.04 bits per heavy atom. The number of hydrogen-bond acceptors (Lipinski definition) is 5. The van der Waals surface area contributed by atoms with Crippen molar-refractivity contribution >= 4 is 33.0 Å². The minimum Gasteiger partial charge on any atom is -0.397 e. The molecule has 134 valence electrons. The number of hydrogen-bond donors (Lipinski definition) is 1. The summed E-state index contributed by atoms with van der Waals surface area (Å²) in [7, 11) is 1.70. The van der Waals surface area contributed by atoms with Gasteiger partial charge in [0.05, 0.1) is 28.4 Å². The molecule has 1 aliphatic rings. The van der Waals surface area contributed by atoms with E-state index in [0.29, 0.717) is 6.61 Å². The Morgan fingerprint density at radius 1 is 1.27 bits per heavy atom. The summed E-state index contributed by atoms with van der Waals surface area (Å²) in [6.07, 6.45) is 0.934. The first kappa shape index (κ1) is 17.2. The molecule has 2 N–H and O–H groups in total. The fraction of sp³-hybridized carbons (Fsp3) is 0.333. The Hall–Kier alpha value is -2.24. The van der Waals surface area contributed by atoms with Crippen LogP contribution in [0, 0.1) is 6.92 Å². The fourth-order valence-corrected chi connectivity index (χ4v) is 4.92. The second kappa shape index (κ2) is 6.18. The molecule has 3 aromatic rings. The number of aryl methyl sites for hydroxylation is 1. The minimum atomic E-state index is -0.148. The first-order chi connectivity index (χ1) is 12.4. The van der Waals surface area contributed by atoms with Gasteiger partial charge in [-0.2, -0.15) is 0 Å². The van der Waals surface area contributed by atoms with Crippen molar-refractivity contribution in [1.82, 2.24) is 4.98 Å². The lowest BCUT2D eigenvalue weighted by molar-refractivity contribution is 0.186. The van der Waals surface area contributed by atoms with Crippen LogP contribution in [0.5, 0.6) is 0 Å². The van der Waals surface area contributed by atoms with Gasteiger partial charge in [0, 0.05) is 23.8 Å². The van der Waals surface area contributed by atoms with Gasteiger partial charge in [0.15, 0.2) is 0 Å².